The molecule has 1 rings (SSSR count). The highest BCUT2D eigenvalue weighted by Gasteiger charge is 2.18. The normalized spacial score (nSPS) is 19.5. The molecule has 0 saturated heterocycles. The summed E-state index contributed by atoms with van der Waals surface area (Å²) in [6.07, 6.45) is 1.10. The highest BCUT2D eigenvalue weighted by atomic mass is 32.2. The van der Waals surface area contributed by atoms with Crippen LogP contribution in [0.5, 0.6) is 0 Å². The Labute approximate surface area is 63.4 Å². The van der Waals surface area contributed by atoms with Crippen LogP contribution in [0.25, 0.3) is 0 Å². The summed E-state index contributed by atoms with van der Waals surface area (Å²) in [5.41, 5.74) is -0.187. The van der Waals surface area contributed by atoms with Crippen LogP contribution in [-0.4, -0.2) is 27.2 Å². The molecule has 0 N–H and O–H groups in total. The van der Waals surface area contributed by atoms with Gasteiger partial charge in [0.1, 0.15) is 0 Å². The van der Waals surface area contributed by atoms with Gasteiger partial charge in [-0.15, -0.1) is 0 Å². The summed E-state index contributed by atoms with van der Waals surface area (Å²) in [5, 5.41) is 0.846. The smallest absolute Gasteiger partial charge is 0.357 e. The minimum atomic E-state index is -3.54. The van der Waals surface area contributed by atoms with E-state index < -0.39 is 16.0 Å². The maximum Gasteiger partial charge on any atom is 0.357 e. The number of sulfonamides is 1. The lowest BCUT2D eigenvalue weighted by Crippen LogP contribution is -2.11. The molecule has 0 aromatic rings. The number of methoxy groups -OCH3 is 1. The third kappa shape index (κ3) is 1.64. The van der Waals surface area contributed by atoms with Crippen molar-refractivity contribution in [1.82, 2.24) is 0 Å². The third-order valence-corrected chi connectivity index (χ3v) is 1.95. The van der Waals surface area contributed by atoms with Gasteiger partial charge in [-0.25, -0.2) is 4.79 Å². The van der Waals surface area contributed by atoms with E-state index in [1.54, 1.807) is 0 Å². The number of ether oxygens (including phenoxy) is 1. The summed E-state index contributed by atoms with van der Waals surface area (Å²) in [6, 6.07) is 0. The van der Waals surface area contributed by atoms with Gasteiger partial charge < -0.3 is 4.74 Å². The van der Waals surface area contributed by atoms with Crippen molar-refractivity contribution in [2.24, 2.45) is 4.40 Å². The van der Waals surface area contributed by atoms with Crippen molar-refractivity contribution in [2.75, 3.05) is 7.11 Å². The van der Waals surface area contributed by atoms with Crippen molar-refractivity contribution in [1.29, 1.82) is 0 Å². The number of hydrogen-bond acceptors (Lipinski definition) is 4. The molecule has 0 atom stereocenters. The van der Waals surface area contributed by atoms with Crippen LogP contribution in [0.15, 0.2) is 15.9 Å². The first kappa shape index (κ1) is 7.93. The molecule has 6 heteroatoms. The first-order chi connectivity index (χ1) is 5.05. The fourth-order valence-electron chi connectivity index (χ4n) is 0.558. The number of hydrogen-bond donors (Lipinski definition) is 0. The molecule has 0 aliphatic carbocycles. The molecule has 60 valence electrons. The fraction of sp³-hybridized carbons (Fsp3) is 0.200. The average molecular weight is 175 g/mol. The van der Waals surface area contributed by atoms with Crippen LogP contribution in [-0.2, 0) is 19.6 Å². The first-order valence-electron chi connectivity index (χ1n) is 2.66. The lowest BCUT2D eigenvalue weighted by Gasteiger charge is -1.91. The number of esters is 1. The third-order valence-electron chi connectivity index (χ3n) is 1.02. The van der Waals surface area contributed by atoms with Gasteiger partial charge in [0.05, 0.1) is 12.5 Å². The number of carbonyl (C=O) groups excluding carboxylic acids is 1. The van der Waals surface area contributed by atoms with E-state index in [1.807, 2.05) is 0 Å². The van der Waals surface area contributed by atoms with E-state index >= 15 is 0 Å². The molecule has 0 spiro atoms. The number of carbonyl (C=O) groups is 1. The van der Waals surface area contributed by atoms with Gasteiger partial charge in [-0.3, -0.25) is 0 Å². The summed E-state index contributed by atoms with van der Waals surface area (Å²) in [4.78, 5) is 10.6. The molecule has 0 aromatic carbocycles. The zero-order valence-electron chi connectivity index (χ0n) is 5.64. The lowest BCUT2D eigenvalue weighted by atomic mass is 10.4. The van der Waals surface area contributed by atoms with E-state index in [0.29, 0.717) is 0 Å². The number of rotatable bonds is 1. The molecule has 0 saturated carbocycles. The Balaban J connectivity index is 2.98. The topological polar surface area (TPSA) is 72.8 Å². The molecule has 1 aliphatic rings. The summed E-state index contributed by atoms with van der Waals surface area (Å²) in [6.45, 7) is 0. The van der Waals surface area contributed by atoms with Gasteiger partial charge in [0, 0.05) is 0 Å². The Bertz CT molecular complexity index is 337. The van der Waals surface area contributed by atoms with E-state index in [1.165, 1.54) is 0 Å². The quantitative estimate of drug-likeness (QED) is 0.501. The van der Waals surface area contributed by atoms with Gasteiger partial charge in [0.2, 0.25) is 0 Å². The minimum absolute atomic E-state index is 0.187. The first-order valence-corrected chi connectivity index (χ1v) is 4.17. The van der Waals surface area contributed by atoms with E-state index in [2.05, 4.69) is 9.13 Å². The van der Waals surface area contributed by atoms with Crippen LogP contribution in [0.4, 0.5) is 0 Å². The highest BCUT2D eigenvalue weighted by molar-refractivity contribution is 7.93. The Morgan fingerprint density at radius 1 is 1.64 bits per heavy atom. The van der Waals surface area contributed by atoms with E-state index in [4.69, 9.17) is 0 Å². The molecular weight excluding hydrogens is 170 g/mol. The molecule has 5 nitrogen and oxygen atoms in total. The molecule has 0 bridgehead atoms. The van der Waals surface area contributed by atoms with Crippen LogP contribution in [0.3, 0.4) is 0 Å². The zero-order valence-corrected chi connectivity index (χ0v) is 6.46. The number of nitrogens with zero attached hydrogens (tertiary/aromatic N) is 1. The molecule has 0 aromatic heterocycles. The highest BCUT2D eigenvalue weighted by Crippen LogP contribution is 2.05. The van der Waals surface area contributed by atoms with Crippen LogP contribution < -0.4 is 0 Å². The molecule has 1 aliphatic heterocycles. The summed E-state index contributed by atoms with van der Waals surface area (Å²) in [5.74, 6) is -0.748. The second-order valence-corrected chi connectivity index (χ2v) is 3.27. The minimum Gasteiger partial charge on any atom is -0.464 e. The maximum absolute atomic E-state index is 10.6. The van der Waals surface area contributed by atoms with Crippen molar-refractivity contribution < 1.29 is 17.9 Å². The molecule has 11 heavy (non-hydrogen) atoms. The zero-order chi connectivity index (χ0) is 8.48. The van der Waals surface area contributed by atoms with Crippen molar-refractivity contribution in [3.05, 3.63) is 11.5 Å². The summed E-state index contributed by atoms with van der Waals surface area (Å²) >= 11 is 0. The van der Waals surface area contributed by atoms with Crippen molar-refractivity contribution >= 4 is 21.7 Å². The van der Waals surface area contributed by atoms with Crippen LogP contribution in [0.1, 0.15) is 0 Å². The predicted octanol–water partition coefficient (Wildman–Crippen LogP) is -0.542. The largest absolute Gasteiger partial charge is 0.464 e. The lowest BCUT2D eigenvalue weighted by molar-refractivity contribution is -0.132. The van der Waals surface area contributed by atoms with Gasteiger partial charge in [-0.1, -0.05) is 0 Å². The second kappa shape index (κ2) is 2.46. The molecular formula is C5H5NO4S. The molecule has 0 radical (unpaired) electrons. The molecule has 0 amide bonds. The summed E-state index contributed by atoms with van der Waals surface area (Å²) < 4.78 is 28.5. The van der Waals surface area contributed by atoms with Crippen molar-refractivity contribution in [3.8, 4) is 0 Å². The Morgan fingerprint density at radius 2 is 2.27 bits per heavy atom. The van der Waals surface area contributed by atoms with Gasteiger partial charge in [-0.05, 0) is 6.08 Å². The SMILES string of the molecule is COC(=O)C1=NS(=O)(=O)C=C1. The van der Waals surface area contributed by atoms with Gasteiger partial charge in [-0.2, -0.15) is 12.8 Å². The standard InChI is InChI=1S/C5H5NO4S/c1-10-5(7)4-2-3-11(8,9)6-4/h2-3H,1H3. The van der Waals surface area contributed by atoms with Gasteiger partial charge in [0.15, 0.2) is 5.71 Å². The van der Waals surface area contributed by atoms with Crippen LogP contribution in [0.2, 0.25) is 0 Å². The van der Waals surface area contributed by atoms with E-state index in [-0.39, 0.29) is 5.71 Å². The Hall–Kier alpha value is -1.17. The van der Waals surface area contributed by atoms with E-state index in [0.717, 1.165) is 18.6 Å². The molecule has 0 fully saturated rings. The van der Waals surface area contributed by atoms with Gasteiger partial charge in [0.25, 0.3) is 10.0 Å². The Morgan fingerprint density at radius 3 is 2.64 bits per heavy atom. The van der Waals surface area contributed by atoms with Gasteiger partial charge >= 0.3 is 5.97 Å². The van der Waals surface area contributed by atoms with Crippen molar-refractivity contribution in [2.45, 2.75) is 0 Å². The molecule has 0 unspecified atom stereocenters. The molecule has 1 heterocycles. The van der Waals surface area contributed by atoms with Crippen molar-refractivity contribution in [3.63, 3.8) is 0 Å². The van der Waals surface area contributed by atoms with E-state index in [9.17, 15) is 13.2 Å². The van der Waals surface area contributed by atoms with Crippen LogP contribution in [0, 0.1) is 0 Å². The average Bonchev–Trinajstić information content (AvgIpc) is 2.29. The van der Waals surface area contributed by atoms with Crippen LogP contribution >= 0.6 is 0 Å². The second-order valence-electron chi connectivity index (χ2n) is 1.79. The maximum atomic E-state index is 10.6. The fourth-order valence-corrected chi connectivity index (χ4v) is 1.33. The monoisotopic (exact) mass is 175 g/mol. The summed E-state index contributed by atoms with van der Waals surface area (Å²) in [7, 11) is -2.39. The predicted molar refractivity (Wildman–Crippen MR) is 37.5 cm³/mol. The Kier molecular flexibility index (Phi) is 1.77.